The molecule has 0 unspecified atom stereocenters. The summed E-state index contributed by atoms with van der Waals surface area (Å²) in [6.07, 6.45) is 4.29. The highest BCUT2D eigenvalue weighted by Gasteiger charge is 2.05. The molecular formula is C13H10FNO. The summed E-state index contributed by atoms with van der Waals surface area (Å²) in [5, 5.41) is 0. The molecule has 0 N–H and O–H groups in total. The molecule has 16 heavy (non-hydrogen) atoms. The monoisotopic (exact) mass is 215 g/mol. The van der Waals surface area contributed by atoms with Gasteiger partial charge in [-0.1, -0.05) is 18.2 Å². The fourth-order valence-corrected chi connectivity index (χ4v) is 1.55. The number of hydrogen-bond acceptors (Lipinski definition) is 2. The van der Waals surface area contributed by atoms with Crippen LogP contribution < -0.4 is 0 Å². The number of carbonyl (C=O) groups is 1. The number of hydrogen-bond donors (Lipinski definition) is 0. The second kappa shape index (κ2) is 4.66. The number of rotatable bonds is 3. The topological polar surface area (TPSA) is 30.0 Å². The average molecular weight is 215 g/mol. The molecule has 1 aromatic carbocycles. The number of halogens is 1. The minimum absolute atomic E-state index is 0.261. The molecule has 0 radical (unpaired) electrons. The lowest BCUT2D eigenvalue weighted by Crippen LogP contribution is -1.97. The molecule has 0 bridgehead atoms. The van der Waals surface area contributed by atoms with Crippen molar-refractivity contribution in [2.75, 3.05) is 0 Å². The molecule has 1 aromatic heterocycles. The maximum Gasteiger partial charge on any atom is 0.150 e. The molecular weight excluding hydrogens is 205 g/mol. The van der Waals surface area contributed by atoms with Crippen molar-refractivity contribution in [3.8, 4) is 0 Å². The quantitative estimate of drug-likeness (QED) is 0.737. The van der Waals surface area contributed by atoms with Gasteiger partial charge in [0, 0.05) is 24.4 Å². The summed E-state index contributed by atoms with van der Waals surface area (Å²) < 4.78 is 13.4. The largest absolute Gasteiger partial charge is 0.298 e. The van der Waals surface area contributed by atoms with Crippen LogP contribution in [0.2, 0.25) is 0 Å². The number of aldehydes is 1. The molecule has 0 saturated heterocycles. The van der Waals surface area contributed by atoms with Crippen LogP contribution in [0.1, 0.15) is 21.5 Å². The third-order valence-corrected chi connectivity index (χ3v) is 2.41. The first kappa shape index (κ1) is 10.5. The molecule has 0 amide bonds. The number of aromatic nitrogens is 1. The van der Waals surface area contributed by atoms with E-state index in [0.29, 0.717) is 17.5 Å². The first-order valence-electron chi connectivity index (χ1n) is 4.92. The van der Waals surface area contributed by atoms with Gasteiger partial charge in [0.05, 0.1) is 0 Å². The minimum atomic E-state index is -0.261. The average Bonchev–Trinajstić information content (AvgIpc) is 2.33. The Morgan fingerprint density at radius 2 is 2.00 bits per heavy atom. The van der Waals surface area contributed by atoms with Gasteiger partial charge >= 0.3 is 0 Å². The maximum absolute atomic E-state index is 13.4. The zero-order valence-corrected chi connectivity index (χ0v) is 8.56. The lowest BCUT2D eigenvalue weighted by atomic mass is 10.0. The van der Waals surface area contributed by atoms with Crippen molar-refractivity contribution in [3.63, 3.8) is 0 Å². The lowest BCUT2D eigenvalue weighted by molar-refractivity contribution is 0.112. The summed E-state index contributed by atoms with van der Waals surface area (Å²) in [7, 11) is 0. The Kier molecular flexibility index (Phi) is 3.05. The van der Waals surface area contributed by atoms with Gasteiger partial charge in [-0.05, 0) is 23.3 Å². The predicted molar refractivity (Wildman–Crippen MR) is 58.8 cm³/mol. The van der Waals surface area contributed by atoms with Crippen molar-refractivity contribution in [2.45, 2.75) is 6.42 Å². The SMILES string of the molecule is O=Cc1ccncc1Cc1ccccc1F. The molecule has 2 aromatic rings. The highest BCUT2D eigenvalue weighted by atomic mass is 19.1. The van der Waals surface area contributed by atoms with Gasteiger partial charge in [-0.3, -0.25) is 9.78 Å². The van der Waals surface area contributed by atoms with E-state index < -0.39 is 0 Å². The molecule has 0 aliphatic carbocycles. The van der Waals surface area contributed by atoms with Gasteiger partial charge in [0.15, 0.2) is 0 Å². The smallest absolute Gasteiger partial charge is 0.150 e. The molecule has 1 heterocycles. The molecule has 2 rings (SSSR count). The molecule has 0 fully saturated rings. The van der Waals surface area contributed by atoms with Crippen LogP contribution >= 0.6 is 0 Å². The van der Waals surface area contributed by atoms with Crippen LogP contribution in [0.5, 0.6) is 0 Å². The zero-order chi connectivity index (χ0) is 11.4. The Morgan fingerprint density at radius 1 is 1.19 bits per heavy atom. The summed E-state index contributed by atoms with van der Waals surface area (Å²) in [5.74, 6) is -0.261. The summed E-state index contributed by atoms with van der Waals surface area (Å²) in [5.41, 5.74) is 1.86. The number of benzene rings is 1. The van der Waals surface area contributed by atoms with E-state index in [1.54, 1.807) is 36.7 Å². The van der Waals surface area contributed by atoms with Crippen molar-refractivity contribution in [1.82, 2.24) is 4.98 Å². The van der Waals surface area contributed by atoms with Crippen LogP contribution in [-0.2, 0) is 6.42 Å². The standard InChI is InChI=1S/C13H10FNO/c14-13-4-2-1-3-10(13)7-12-8-15-6-5-11(12)9-16/h1-6,8-9H,7H2. The van der Waals surface area contributed by atoms with Gasteiger partial charge in [-0.25, -0.2) is 4.39 Å². The fourth-order valence-electron chi connectivity index (χ4n) is 1.55. The summed E-state index contributed by atoms with van der Waals surface area (Å²) in [6, 6.07) is 8.16. The second-order valence-corrected chi connectivity index (χ2v) is 3.46. The first-order chi connectivity index (χ1) is 7.81. The molecule has 0 saturated carbocycles. The fraction of sp³-hybridized carbons (Fsp3) is 0.0769. The normalized spacial score (nSPS) is 10.1. The number of carbonyl (C=O) groups excluding carboxylic acids is 1. The van der Waals surface area contributed by atoms with E-state index in [2.05, 4.69) is 4.98 Å². The molecule has 3 heteroatoms. The summed E-state index contributed by atoms with van der Waals surface area (Å²) in [6.45, 7) is 0. The van der Waals surface area contributed by atoms with E-state index in [1.807, 2.05) is 0 Å². The van der Waals surface area contributed by atoms with Crippen LogP contribution in [0.4, 0.5) is 4.39 Å². The van der Waals surface area contributed by atoms with E-state index in [4.69, 9.17) is 0 Å². The maximum atomic E-state index is 13.4. The van der Waals surface area contributed by atoms with Gasteiger partial charge in [-0.15, -0.1) is 0 Å². The third kappa shape index (κ3) is 2.14. The van der Waals surface area contributed by atoms with Crippen molar-refractivity contribution in [3.05, 3.63) is 65.2 Å². The molecule has 2 nitrogen and oxygen atoms in total. The Morgan fingerprint density at radius 3 is 2.75 bits per heavy atom. The van der Waals surface area contributed by atoms with Crippen molar-refractivity contribution in [2.24, 2.45) is 0 Å². The molecule has 80 valence electrons. The third-order valence-electron chi connectivity index (χ3n) is 2.41. The van der Waals surface area contributed by atoms with Crippen molar-refractivity contribution in [1.29, 1.82) is 0 Å². The molecule has 0 aliphatic heterocycles. The van der Waals surface area contributed by atoms with Crippen LogP contribution in [0.15, 0.2) is 42.7 Å². The Balaban J connectivity index is 2.34. The Hall–Kier alpha value is -2.03. The van der Waals surface area contributed by atoms with Gasteiger partial charge in [-0.2, -0.15) is 0 Å². The molecule has 0 atom stereocenters. The van der Waals surface area contributed by atoms with Crippen molar-refractivity contribution < 1.29 is 9.18 Å². The van der Waals surface area contributed by atoms with Gasteiger partial charge in [0.1, 0.15) is 12.1 Å². The van der Waals surface area contributed by atoms with Crippen LogP contribution in [0, 0.1) is 5.82 Å². The minimum Gasteiger partial charge on any atom is -0.298 e. The highest BCUT2D eigenvalue weighted by molar-refractivity contribution is 5.77. The van der Waals surface area contributed by atoms with E-state index in [-0.39, 0.29) is 5.82 Å². The van der Waals surface area contributed by atoms with Crippen LogP contribution in [0.3, 0.4) is 0 Å². The lowest BCUT2D eigenvalue weighted by Gasteiger charge is -2.04. The number of pyridine rings is 1. The van der Waals surface area contributed by atoms with E-state index in [9.17, 15) is 9.18 Å². The van der Waals surface area contributed by atoms with Gasteiger partial charge in [0.2, 0.25) is 0 Å². The summed E-state index contributed by atoms with van der Waals surface area (Å²) >= 11 is 0. The van der Waals surface area contributed by atoms with Gasteiger partial charge < -0.3 is 0 Å². The van der Waals surface area contributed by atoms with Crippen LogP contribution in [-0.4, -0.2) is 11.3 Å². The van der Waals surface area contributed by atoms with Gasteiger partial charge in [0.25, 0.3) is 0 Å². The second-order valence-electron chi connectivity index (χ2n) is 3.46. The van der Waals surface area contributed by atoms with E-state index in [1.165, 1.54) is 6.07 Å². The predicted octanol–water partition coefficient (Wildman–Crippen LogP) is 2.62. The molecule has 0 spiro atoms. The van der Waals surface area contributed by atoms with E-state index in [0.717, 1.165) is 11.8 Å². The highest BCUT2D eigenvalue weighted by Crippen LogP contribution is 2.14. The van der Waals surface area contributed by atoms with E-state index >= 15 is 0 Å². The molecule has 0 aliphatic rings. The zero-order valence-electron chi connectivity index (χ0n) is 8.56. The Labute approximate surface area is 92.8 Å². The first-order valence-corrected chi connectivity index (χ1v) is 4.92. The van der Waals surface area contributed by atoms with Crippen molar-refractivity contribution >= 4 is 6.29 Å². The number of nitrogens with zero attached hydrogens (tertiary/aromatic N) is 1. The van der Waals surface area contributed by atoms with Crippen LogP contribution in [0.25, 0.3) is 0 Å². The Bertz CT molecular complexity index is 511. The summed E-state index contributed by atoms with van der Waals surface area (Å²) in [4.78, 5) is 14.7.